The maximum absolute atomic E-state index is 12.0. The molecule has 2 heterocycles. The maximum Gasteiger partial charge on any atom is 0.214 e. The molecule has 0 radical (unpaired) electrons. The lowest BCUT2D eigenvalue weighted by molar-refractivity contribution is 0.289. The maximum atomic E-state index is 12.0. The molecule has 0 aromatic carbocycles. The summed E-state index contributed by atoms with van der Waals surface area (Å²) in [4.78, 5) is 1.30. The number of sulfonamides is 1. The number of thiophene rings is 1. The standard InChI is InChI=1S/C13H21BrN2O2S2/c1-2-7-20(17,18)16-5-3-12(4-6-16)15-9-13-8-11(14)10-19-13/h8,10,12,15H,2-7,9H2,1H3. The minimum absolute atomic E-state index is 0.272. The highest BCUT2D eigenvalue weighted by Crippen LogP contribution is 2.20. The number of rotatable bonds is 6. The van der Waals surface area contributed by atoms with Crippen molar-refractivity contribution in [1.29, 1.82) is 0 Å². The van der Waals surface area contributed by atoms with Crippen LogP contribution in [0.4, 0.5) is 0 Å². The number of nitrogens with one attached hydrogen (secondary N) is 1. The van der Waals surface area contributed by atoms with Crippen LogP contribution in [0.5, 0.6) is 0 Å². The van der Waals surface area contributed by atoms with Crippen molar-refractivity contribution >= 4 is 37.3 Å². The van der Waals surface area contributed by atoms with Crippen LogP contribution in [0.15, 0.2) is 15.9 Å². The molecule has 114 valence electrons. The van der Waals surface area contributed by atoms with E-state index in [-0.39, 0.29) is 5.75 Å². The average Bonchev–Trinajstić information content (AvgIpc) is 2.83. The zero-order valence-electron chi connectivity index (χ0n) is 11.6. The van der Waals surface area contributed by atoms with E-state index in [4.69, 9.17) is 0 Å². The van der Waals surface area contributed by atoms with Gasteiger partial charge < -0.3 is 5.32 Å². The van der Waals surface area contributed by atoms with Crippen molar-refractivity contribution in [2.45, 2.75) is 38.8 Å². The molecule has 0 saturated carbocycles. The van der Waals surface area contributed by atoms with Crippen molar-refractivity contribution in [3.8, 4) is 0 Å². The van der Waals surface area contributed by atoms with Gasteiger partial charge >= 0.3 is 0 Å². The summed E-state index contributed by atoms with van der Waals surface area (Å²) >= 11 is 5.19. The fourth-order valence-electron chi connectivity index (χ4n) is 2.42. The summed E-state index contributed by atoms with van der Waals surface area (Å²) in [5.41, 5.74) is 0. The largest absolute Gasteiger partial charge is 0.309 e. The molecular formula is C13H21BrN2O2S2. The molecule has 0 aliphatic carbocycles. The van der Waals surface area contributed by atoms with Crippen molar-refractivity contribution in [2.75, 3.05) is 18.8 Å². The molecule has 1 fully saturated rings. The smallest absolute Gasteiger partial charge is 0.214 e. The first kappa shape index (κ1) is 16.4. The third kappa shape index (κ3) is 4.53. The normalized spacial score (nSPS) is 18.5. The number of piperidine rings is 1. The van der Waals surface area contributed by atoms with Crippen molar-refractivity contribution in [3.05, 3.63) is 20.8 Å². The lowest BCUT2D eigenvalue weighted by atomic mass is 10.1. The molecule has 2 rings (SSSR count). The fourth-order valence-corrected chi connectivity index (χ4v) is 5.36. The predicted octanol–water partition coefficient (Wildman–Crippen LogP) is 2.80. The summed E-state index contributed by atoms with van der Waals surface area (Å²) in [6.07, 6.45) is 2.48. The summed E-state index contributed by atoms with van der Waals surface area (Å²) in [5.74, 6) is 0.272. The van der Waals surface area contributed by atoms with Gasteiger partial charge in [-0.05, 0) is 41.3 Å². The summed E-state index contributed by atoms with van der Waals surface area (Å²) in [5, 5.41) is 5.60. The van der Waals surface area contributed by atoms with E-state index in [0.29, 0.717) is 25.6 Å². The molecule has 0 amide bonds. The minimum atomic E-state index is -3.02. The van der Waals surface area contributed by atoms with Crippen LogP contribution in [-0.2, 0) is 16.6 Å². The second-order valence-electron chi connectivity index (χ2n) is 5.10. The van der Waals surface area contributed by atoms with Crippen LogP contribution in [0, 0.1) is 0 Å². The van der Waals surface area contributed by atoms with E-state index in [1.165, 1.54) is 4.88 Å². The van der Waals surface area contributed by atoms with Gasteiger partial charge in [-0.1, -0.05) is 6.92 Å². The van der Waals surface area contributed by atoms with Crippen LogP contribution in [0.2, 0.25) is 0 Å². The molecule has 1 aliphatic rings. The van der Waals surface area contributed by atoms with Gasteiger partial charge in [-0.3, -0.25) is 0 Å². The third-order valence-electron chi connectivity index (χ3n) is 3.50. The van der Waals surface area contributed by atoms with E-state index >= 15 is 0 Å². The molecule has 4 nitrogen and oxygen atoms in total. The van der Waals surface area contributed by atoms with Gasteiger partial charge in [0, 0.05) is 40.4 Å². The zero-order chi connectivity index (χ0) is 14.6. The molecule has 0 spiro atoms. The molecular weight excluding hydrogens is 360 g/mol. The molecule has 0 unspecified atom stereocenters. The van der Waals surface area contributed by atoms with Gasteiger partial charge in [-0.25, -0.2) is 12.7 Å². The summed E-state index contributed by atoms with van der Waals surface area (Å²) in [6, 6.07) is 2.54. The van der Waals surface area contributed by atoms with Crippen LogP contribution in [-0.4, -0.2) is 37.6 Å². The highest BCUT2D eigenvalue weighted by molar-refractivity contribution is 9.10. The third-order valence-corrected chi connectivity index (χ3v) is 7.27. The first-order chi connectivity index (χ1) is 9.51. The monoisotopic (exact) mass is 380 g/mol. The highest BCUT2D eigenvalue weighted by atomic mass is 79.9. The van der Waals surface area contributed by atoms with Gasteiger partial charge in [0.1, 0.15) is 0 Å². The van der Waals surface area contributed by atoms with E-state index in [1.54, 1.807) is 15.6 Å². The molecule has 7 heteroatoms. The van der Waals surface area contributed by atoms with E-state index in [9.17, 15) is 8.42 Å². The number of hydrogen-bond acceptors (Lipinski definition) is 4. The van der Waals surface area contributed by atoms with Gasteiger partial charge in [0.15, 0.2) is 0 Å². The van der Waals surface area contributed by atoms with E-state index < -0.39 is 10.0 Å². The Hall–Kier alpha value is 0.0500. The number of halogens is 1. The van der Waals surface area contributed by atoms with Crippen molar-refractivity contribution < 1.29 is 8.42 Å². The molecule has 0 atom stereocenters. The first-order valence-electron chi connectivity index (χ1n) is 6.95. The summed E-state index contributed by atoms with van der Waals surface area (Å²) < 4.78 is 26.7. The van der Waals surface area contributed by atoms with Crippen molar-refractivity contribution in [2.24, 2.45) is 0 Å². The lowest BCUT2D eigenvalue weighted by Gasteiger charge is -2.31. The van der Waals surface area contributed by atoms with E-state index in [1.807, 2.05) is 6.92 Å². The van der Waals surface area contributed by atoms with Gasteiger partial charge in [0.2, 0.25) is 10.0 Å². The summed E-state index contributed by atoms with van der Waals surface area (Å²) in [6.45, 7) is 4.07. The Labute approximate surface area is 133 Å². The molecule has 20 heavy (non-hydrogen) atoms. The molecule has 1 N–H and O–H groups in total. The van der Waals surface area contributed by atoms with Gasteiger partial charge in [0.25, 0.3) is 0 Å². The van der Waals surface area contributed by atoms with Crippen LogP contribution in [0.25, 0.3) is 0 Å². The Morgan fingerprint density at radius 1 is 1.45 bits per heavy atom. The molecule has 1 aromatic heterocycles. The minimum Gasteiger partial charge on any atom is -0.309 e. The second kappa shape index (κ2) is 7.35. The van der Waals surface area contributed by atoms with Gasteiger partial charge in [-0.15, -0.1) is 11.3 Å². The topological polar surface area (TPSA) is 49.4 Å². The van der Waals surface area contributed by atoms with Gasteiger partial charge in [0.05, 0.1) is 5.75 Å². The SMILES string of the molecule is CCCS(=O)(=O)N1CCC(NCc2cc(Br)cs2)CC1. The second-order valence-corrected chi connectivity index (χ2v) is 9.10. The Balaban J connectivity index is 1.77. The van der Waals surface area contributed by atoms with Gasteiger partial charge in [-0.2, -0.15) is 0 Å². The first-order valence-corrected chi connectivity index (χ1v) is 10.2. The fraction of sp³-hybridized carbons (Fsp3) is 0.692. The van der Waals surface area contributed by atoms with Crippen LogP contribution < -0.4 is 5.32 Å². The Morgan fingerprint density at radius 2 is 2.15 bits per heavy atom. The van der Waals surface area contributed by atoms with Crippen LogP contribution >= 0.6 is 27.3 Å². The number of hydrogen-bond donors (Lipinski definition) is 1. The Morgan fingerprint density at radius 3 is 2.70 bits per heavy atom. The highest BCUT2D eigenvalue weighted by Gasteiger charge is 2.26. The zero-order valence-corrected chi connectivity index (χ0v) is 14.9. The molecule has 1 aliphatic heterocycles. The summed E-state index contributed by atoms with van der Waals surface area (Å²) in [7, 11) is -3.02. The molecule has 1 saturated heterocycles. The van der Waals surface area contributed by atoms with Crippen LogP contribution in [0.3, 0.4) is 0 Å². The van der Waals surface area contributed by atoms with Crippen molar-refractivity contribution in [1.82, 2.24) is 9.62 Å². The molecule has 0 bridgehead atoms. The Bertz CT molecular complexity index is 522. The van der Waals surface area contributed by atoms with E-state index in [0.717, 1.165) is 23.9 Å². The quantitative estimate of drug-likeness (QED) is 0.825. The van der Waals surface area contributed by atoms with Crippen molar-refractivity contribution in [3.63, 3.8) is 0 Å². The Kier molecular flexibility index (Phi) is 6.04. The van der Waals surface area contributed by atoms with Crippen LogP contribution in [0.1, 0.15) is 31.1 Å². The van der Waals surface area contributed by atoms with E-state index in [2.05, 4.69) is 32.7 Å². The average molecular weight is 381 g/mol. The number of nitrogens with zero attached hydrogens (tertiary/aromatic N) is 1. The molecule has 1 aromatic rings. The lowest BCUT2D eigenvalue weighted by Crippen LogP contribution is -2.45. The predicted molar refractivity (Wildman–Crippen MR) is 87.5 cm³/mol.